The summed E-state index contributed by atoms with van der Waals surface area (Å²) >= 11 is 0. The molecule has 25 heavy (non-hydrogen) atoms. The number of allylic oxidation sites excluding steroid dienone is 1. The lowest BCUT2D eigenvalue weighted by atomic mass is 10.1. The average molecular weight is 338 g/mol. The zero-order valence-electron chi connectivity index (χ0n) is 14.6. The molecule has 0 aliphatic carbocycles. The van der Waals surface area contributed by atoms with Crippen molar-refractivity contribution in [2.75, 3.05) is 13.1 Å². The molecule has 2 N–H and O–H groups in total. The molecule has 0 saturated carbocycles. The summed E-state index contributed by atoms with van der Waals surface area (Å²) in [6.45, 7) is 4.59. The van der Waals surface area contributed by atoms with Gasteiger partial charge in [-0.2, -0.15) is 0 Å². The topological polar surface area (TPSA) is 64.2 Å². The lowest BCUT2D eigenvalue weighted by Crippen LogP contribution is -2.28. The largest absolute Gasteiger partial charge is 0.365 e. The number of aromatic nitrogens is 2. The molecule has 0 bridgehead atoms. The van der Waals surface area contributed by atoms with Crippen LogP contribution in [0.15, 0.2) is 48.8 Å². The molecule has 132 valence electrons. The van der Waals surface area contributed by atoms with Crippen LogP contribution in [-0.2, 0) is 17.9 Å². The Morgan fingerprint density at radius 1 is 1.08 bits per heavy atom. The Kier molecular flexibility index (Phi) is 6.01. The number of hydrogen-bond acceptors (Lipinski definition) is 3. The Balaban J connectivity index is 0.000000146. The van der Waals surface area contributed by atoms with Crippen molar-refractivity contribution in [3.05, 3.63) is 60.2 Å². The highest BCUT2D eigenvalue weighted by Crippen LogP contribution is 2.18. The fraction of sp³-hybridized carbons (Fsp3) is 0.400. The SMILES string of the molecule is NC(=O)C1=CCCn2ccnc21.c1ccc(CN2CCCCC2)cc1. The molecule has 0 spiro atoms. The number of rotatable bonds is 3. The third-order valence-electron chi connectivity index (χ3n) is 4.64. The van der Waals surface area contributed by atoms with Gasteiger partial charge in [0.1, 0.15) is 5.82 Å². The highest BCUT2D eigenvalue weighted by Gasteiger charge is 2.16. The van der Waals surface area contributed by atoms with E-state index in [1.807, 2.05) is 16.8 Å². The van der Waals surface area contributed by atoms with Crippen LogP contribution in [-0.4, -0.2) is 33.4 Å². The van der Waals surface area contributed by atoms with E-state index < -0.39 is 5.91 Å². The highest BCUT2D eigenvalue weighted by atomic mass is 16.1. The zero-order valence-corrected chi connectivity index (χ0v) is 14.6. The van der Waals surface area contributed by atoms with Crippen LogP contribution in [0.2, 0.25) is 0 Å². The van der Waals surface area contributed by atoms with Crippen LogP contribution < -0.4 is 5.73 Å². The molecule has 1 aromatic heterocycles. The number of carbonyl (C=O) groups excluding carboxylic acids is 1. The predicted molar refractivity (Wildman–Crippen MR) is 99.6 cm³/mol. The number of fused-ring (bicyclic) bond motifs is 1. The van der Waals surface area contributed by atoms with Gasteiger partial charge in [-0.15, -0.1) is 0 Å². The number of aryl methyl sites for hydroxylation is 1. The highest BCUT2D eigenvalue weighted by molar-refractivity contribution is 6.17. The van der Waals surface area contributed by atoms with Crippen molar-refractivity contribution in [3.63, 3.8) is 0 Å². The number of amides is 1. The molecule has 0 atom stereocenters. The van der Waals surface area contributed by atoms with Gasteiger partial charge in [-0.1, -0.05) is 42.8 Å². The minimum Gasteiger partial charge on any atom is -0.365 e. The molecule has 0 unspecified atom stereocenters. The second kappa shape index (κ2) is 8.62. The molecule has 1 amide bonds. The van der Waals surface area contributed by atoms with Gasteiger partial charge in [0.2, 0.25) is 0 Å². The molecule has 1 fully saturated rings. The van der Waals surface area contributed by atoms with Crippen LogP contribution in [0.3, 0.4) is 0 Å². The van der Waals surface area contributed by atoms with Gasteiger partial charge in [0, 0.05) is 25.5 Å². The van der Waals surface area contributed by atoms with E-state index in [-0.39, 0.29) is 0 Å². The average Bonchev–Trinajstić information content (AvgIpc) is 3.12. The van der Waals surface area contributed by atoms with Crippen LogP contribution >= 0.6 is 0 Å². The summed E-state index contributed by atoms with van der Waals surface area (Å²) < 4.78 is 1.93. The van der Waals surface area contributed by atoms with Gasteiger partial charge in [-0.25, -0.2) is 4.98 Å². The molecule has 4 rings (SSSR count). The second-order valence-corrected chi connectivity index (χ2v) is 6.54. The number of likely N-dealkylation sites (tertiary alicyclic amines) is 1. The molecule has 5 nitrogen and oxygen atoms in total. The summed E-state index contributed by atoms with van der Waals surface area (Å²) in [7, 11) is 0. The molecule has 0 radical (unpaired) electrons. The summed E-state index contributed by atoms with van der Waals surface area (Å²) in [5.41, 5.74) is 7.16. The third kappa shape index (κ3) is 4.79. The molecule has 3 heterocycles. The maximum absolute atomic E-state index is 10.9. The number of carbonyl (C=O) groups is 1. The minimum atomic E-state index is -0.401. The lowest BCUT2D eigenvalue weighted by Gasteiger charge is -2.26. The van der Waals surface area contributed by atoms with Crippen LogP contribution in [0.1, 0.15) is 37.1 Å². The molecular weight excluding hydrogens is 312 g/mol. The van der Waals surface area contributed by atoms with Gasteiger partial charge < -0.3 is 10.3 Å². The van der Waals surface area contributed by atoms with E-state index in [1.165, 1.54) is 37.9 Å². The molecular formula is C20H26N4O. The molecule has 1 aromatic carbocycles. The van der Waals surface area contributed by atoms with Crippen molar-refractivity contribution in [2.24, 2.45) is 5.73 Å². The van der Waals surface area contributed by atoms with Crippen LogP contribution in [0.25, 0.3) is 5.57 Å². The number of imidazole rings is 1. The summed E-state index contributed by atoms with van der Waals surface area (Å²) in [6.07, 6.45) is 10.4. The zero-order chi connectivity index (χ0) is 17.5. The van der Waals surface area contributed by atoms with Crippen molar-refractivity contribution in [1.29, 1.82) is 0 Å². The maximum atomic E-state index is 10.9. The second-order valence-electron chi connectivity index (χ2n) is 6.54. The van der Waals surface area contributed by atoms with Crippen molar-refractivity contribution in [3.8, 4) is 0 Å². The number of nitrogens with two attached hydrogens (primary N) is 1. The lowest BCUT2D eigenvalue weighted by molar-refractivity contribution is -0.112. The van der Waals surface area contributed by atoms with E-state index in [0.29, 0.717) is 11.4 Å². The first-order valence-electron chi connectivity index (χ1n) is 9.02. The first-order chi connectivity index (χ1) is 12.2. The molecule has 2 aliphatic rings. The number of hydrogen-bond donors (Lipinski definition) is 1. The maximum Gasteiger partial charge on any atom is 0.252 e. The van der Waals surface area contributed by atoms with Gasteiger partial charge in [0.05, 0.1) is 5.57 Å². The number of piperidine rings is 1. The smallest absolute Gasteiger partial charge is 0.252 e. The predicted octanol–water partition coefficient (Wildman–Crippen LogP) is 2.83. The first-order valence-corrected chi connectivity index (χ1v) is 9.02. The number of primary amides is 1. The normalized spacial score (nSPS) is 17.0. The van der Waals surface area contributed by atoms with Crippen molar-refractivity contribution in [2.45, 2.75) is 38.8 Å². The monoisotopic (exact) mass is 338 g/mol. The van der Waals surface area contributed by atoms with E-state index in [1.54, 1.807) is 6.20 Å². The summed E-state index contributed by atoms with van der Waals surface area (Å²) in [6, 6.07) is 10.8. The Morgan fingerprint density at radius 2 is 1.84 bits per heavy atom. The van der Waals surface area contributed by atoms with Crippen LogP contribution in [0.5, 0.6) is 0 Å². The van der Waals surface area contributed by atoms with E-state index in [0.717, 1.165) is 19.5 Å². The van der Waals surface area contributed by atoms with Gasteiger partial charge in [0.15, 0.2) is 0 Å². The molecule has 2 aromatic rings. The summed E-state index contributed by atoms with van der Waals surface area (Å²) in [5.74, 6) is 0.288. The van der Waals surface area contributed by atoms with Gasteiger partial charge >= 0.3 is 0 Å². The Morgan fingerprint density at radius 3 is 2.56 bits per heavy atom. The quantitative estimate of drug-likeness (QED) is 0.936. The standard InChI is InChI=1S/C12H17N.C8H9N3O/c1-3-7-12(8-4-1)11-13-9-5-2-6-10-13;9-7(12)6-2-1-4-11-5-3-10-8(6)11/h1,3-4,7-8H,2,5-6,9-11H2;2-3,5H,1,4H2,(H2,9,12). The Bertz CT molecular complexity index is 714. The van der Waals surface area contributed by atoms with E-state index in [9.17, 15) is 4.79 Å². The molecule has 5 heteroatoms. The van der Waals surface area contributed by atoms with Crippen molar-refractivity contribution >= 4 is 11.5 Å². The van der Waals surface area contributed by atoms with Crippen LogP contribution in [0.4, 0.5) is 0 Å². The fourth-order valence-electron chi connectivity index (χ4n) is 3.34. The number of nitrogens with zero attached hydrogens (tertiary/aromatic N) is 3. The summed E-state index contributed by atoms with van der Waals surface area (Å²) in [4.78, 5) is 17.5. The fourth-order valence-corrected chi connectivity index (χ4v) is 3.34. The molecule has 2 aliphatic heterocycles. The third-order valence-corrected chi connectivity index (χ3v) is 4.64. The van der Waals surface area contributed by atoms with Gasteiger partial charge in [-0.3, -0.25) is 9.69 Å². The Labute approximate surface area is 149 Å². The minimum absolute atomic E-state index is 0.401. The van der Waals surface area contributed by atoms with E-state index in [4.69, 9.17) is 5.73 Å². The summed E-state index contributed by atoms with van der Waals surface area (Å²) in [5, 5.41) is 0. The van der Waals surface area contributed by atoms with Crippen molar-refractivity contribution < 1.29 is 4.79 Å². The van der Waals surface area contributed by atoms with Gasteiger partial charge in [0.25, 0.3) is 5.91 Å². The van der Waals surface area contributed by atoms with E-state index >= 15 is 0 Å². The van der Waals surface area contributed by atoms with Crippen molar-refractivity contribution in [1.82, 2.24) is 14.5 Å². The Hall–Kier alpha value is -2.40. The van der Waals surface area contributed by atoms with Crippen LogP contribution in [0, 0.1) is 0 Å². The molecule has 1 saturated heterocycles. The first kappa shape index (κ1) is 17.4. The van der Waals surface area contributed by atoms with E-state index in [2.05, 4.69) is 40.2 Å². The van der Waals surface area contributed by atoms with Gasteiger partial charge in [-0.05, 0) is 37.9 Å². The number of benzene rings is 1.